The molecule has 0 saturated heterocycles. The fourth-order valence-corrected chi connectivity index (χ4v) is 2.42. The standard InChI is InChI=1S/C19H15ClF2N4O/c20-13-3-1-12(2-4-13)7-8-23-18-11-24-17(10-25-18)19(27)26-14-5-6-15(21)16(22)9-14/h1-6,9-11H,7-8H2,(H,23,25)(H,26,27). The molecule has 1 heterocycles. The highest BCUT2D eigenvalue weighted by Gasteiger charge is 2.10. The van der Waals surface area contributed by atoms with Crippen LogP contribution in [0.2, 0.25) is 5.02 Å². The lowest BCUT2D eigenvalue weighted by Crippen LogP contribution is -2.15. The molecule has 2 aromatic carbocycles. The van der Waals surface area contributed by atoms with Gasteiger partial charge >= 0.3 is 0 Å². The summed E-state index contributed by atoms with van der Waals surface area (Å²) in [4.78, 5) is 20.2. The summed E-state index contributed by atoms with van der Waals surface area (Å²) in [7, 11) is 0. The number of carbonyl (C=O) groups excluding carboxylic acids is 1. The molecule has 1 aromatic heterocycles. The Morgan fingerprint density at radius 3 is 2.44 bits per heavy atom. The maximum atomic E-state index is 13.2. The van der Waals surface area contributed by atoms with Crippen LogP contribution in [0.3, 0.4) is 0 Å². The van der Waals surface area contributed by atoms with Gasteiger partial charge in [0.15, 0.2) is 11.6 Å². The van der Waals surface area contributed by atoms with Gasteiger partial charge in [0, 0.05) is 23.3 Å². The van der Waals surface area contributed by atoms with E-state index < -0.39 is 17.5 Å². The van der Waals surface area contributed by atoms with Crippen molar-refractivity contribution < 1.29 is 13.6 Å². The SMILES string of the molecule is O=C(Nc1ccc(F)c(F)c1)c1cnc(NCCc2ccc(Cl)cc2)cn1. The number of nitrogens with zero attached hydrogens (tertiary/aromatic N) is 2. The second-order valence-corrected chi connectivity index (χ2v) is 6.11. The van der Waals surface area contributed by atoms with Gasteiger partial charge < -0.3 is 10.6 Å². The van der Waals surface area contributed by atoms with Crippen LogP contribution in [-0.4, -0.2) is 22.4 Å². The Hall–Kier alpha value is -3.06. The minimum atomic E-state index is -1.04. The number of benzene rings is 2. The number of carbonyl (C=O) groups is 1. The lowest BCUT2D eigenvalue weighted by Gasteiger charge is -2.07. The number of amides is 1. The molecule has 0 aliphatic heterocycles. The van der Waals surface area contributed by atoms with E-state index in [4.69, 9.17) is 11.6 Å². The smallest absolute Gasteiger partial charge is 0.275 e. The van der Waals surface area contributed by atoms with Gasteiger partial charge in [-0.2, -0.15) is 0 Å². The summed E-state index contributed by atoms with van der Waals surface area (Å²) < 4.78 is 26.1. The average Bonchev–Trinajstić information content (AvgIpc) is 2.67. The number of rotatable bonds is 6. The van der Waals surface area contributed by atoms with Crippen molar-refractivity contribution in [1.29, 1.82) is 0 Å². The van der Waals surface area contributed by atoms with Gasteiger partial charge in [0.2, 0.25) is 0 Å². The van der Waals surface area contributed by atoms with Gasteiger partial charge in [-0.05, 0) is 36.2 Å². The van der Waals surface area contributed by atoms with Crippen LogP contribution in [0.15, 0.2) is 54.9 Å². The molecule has 0 spiro atoms. The minimum Gasteiger partial charge on any atom is -0.368 e. The fourth-order valence-electron chi connectivity index (χ4n) is 2.29. The van der Waals surface area contributed by atoms with Crippen LogP contribution in [0.4, 0.5) is 20.3 Å². The molecule has 0 bridgehead atoms. The fraction of sp³-hybridized carbons (Fsp3) is 0.105. The van der Waals surface area contributed by atoms with Crippen molar-refractivity contribution >= 4 is 29.0 Å². The van der Waals surface area contributed by atoms with Crippen molar-refractivity contribution in [3.63, 3.8) is 0 Å². The Morgan fingerprint density at radius 2 is 1.78 bits per heavy atom. The second kappa shape index (κ2) is 8.55. The van der Waals surface area contributed by atoms with Crippen molar-refractivity contribution in [3.8, 4) is 0 Å². The lowest BCUT2D eigenvalue weighted by molar-refractivity contribution is 0.102. The van der Waals surface area contributed by atoms with E-state index in [9.17, 15) is 13.6 Å². The monoisotopic (exact) mass is 388 g/mol. The molecule has 0 radical (unpaired) electrons. The molecule has 0 fully saturated rings. The molecule has 0 unspecified atom stereocenters. The van der Waals surface area contributed by atoms with E-state index in [1.54, 1.807) is 0 Å². The highest BCUT2D eigenvalue weighted by molar-refractivity contribution is 6.30. The first-order valence-corrected chi connectivity index (χ1v) is 8.46. The lowest BCUT2D eigenvalue weighted by atomic mass is 10.1. The topological polar surface area (TPSA) is 66.9 Å². The molecule has 0 aliphatic carbocycles. The average molecular weight is 389 g/mol. The van der Waals surface area contributed by atoms with E-state index >= 15 is 0 Å². The zero-order valence-electron chi connectivity index (χ0n) is 14.0. The van der Waals surface area contributed by atoms with Gasteiger partial charge in [-0.1, -0.05) is 23.7 Å². The predicted molar refractivity (Wildman–Crippen MR) is 100.0 cm³/mol. The Labute approximate surface area is 159 Å². The van der Waals surface area contributed by atoms with Crippen LogP contribution in [0.1, 0.15) is 16.1 Å². The first-order valence-electron chi connectivity index (χ1n) is 8.08. The Morgan fingerprint density at radius 1 is 1.00 bits per heavy atom. The van der Waals surface area contributed by atoms with Gasteiger partial charge in [-0.15, -0.1) is 0 Å². The van der Waals surface area contributed by atoms with E-state index in [0.29, 0.717) is 17.4 Å². The van der Waals surface area contributed by atoms with Gasteiger partial charge in [0.05, 0.1) is 12.4 Å². The van der Waals surface area contributed by atoms with Gasteiger partial charge in [0.25, 0.3) is 5.91 Å². The number of halogens is 3. The Balaban J connectivity index is 1.53. The summed E-state index contributed by atoms with van der Waals surface area (Å²) in [5, 5.41) is 6.23. The minimum absolute atomic E-state index is 0.0583. The third-order valence-corrected chi connectivity index (χ3v) is 3.95. The van der Waals surface area contributed by atoms with Gasteiger partial charge in [-0.25, -0.2) is 18.7 Å². The zero-order valence-corrected chi connectivity index (χ0v) is 14.8. The molecule has 0 aliphatic rings. The van der Waals surface area contributed by atoms with E-state index in [1.165, 1.54) is 18.5 Å². The van der Waals surface area contributed by atoms with Crippen molar-refractivity contribution in [3.05, 3.63) is 82.8 Å². The number of aromatic nitrogens is 2. The summed E-state index contributed by atoms with van der Waals surface area (Å²) in [5.74, 6) is -2.07. The van der Waals surface area contributed by atoms with Crippen LogP contribution in [0.25, 0.3) is 0 Å². The molecule has 0 saturated carbocycles. The van der Waals surface area contributed by atoms with Crippen molar-refractivity contribution in [1.82, 2.24) is 9.97 Å². The second-order valence-electron chi connectivity index (χ2n) is 5.67. The van der Waals surface area contributed by atoms with Gasteiger partial charge in [0.1, 0.15) is 11.5 Å². The number of hydrogen-bond donors (Lipinski definition) is 2. The highest BCUT2D eigenvalue weighted by Crippen LogP contribution is 2.14. The molecule has 3 rings (SSSR count). The molecule has 3 aromatic rings. The Kier molecular flexibility index (Phi) is 5.93. The number of anilines is 2. The summed E-state index contributed by atoms with van der Waals surface area (Å²) in [6, 6.07) is 10.6. The molecule has 5 nitrogen and oxygen atoms in total. The Bertz CT molecular complexity index is 933. The van der Waals surface area contributed by atoms with Crippen LogP contribution in [0.5, 0.6) is 0 Å². The van der Waals surface area contributed by atoms with Gasteiger partial charge in [-0.3, -0.25) is 4.79 Å². The molecular formula is C19H15ClF2N4O. The maximum Gasteiger partial charge on any atom is 0.275 e. The third-order valence-electron chi connectivity index (χ3n) is 3.70. The van der Waals surface area contributed by atoms with E-state index in [2.05, 4.69) is 20.6 Å². The molecule has 138 valence electrons. The highest BCUT2D eigenvalue weighted by atomic mass is 35.5. The van der Waals surface area contributed by atoms with Crippen molar-refractivity contribution in [2.45, 2.75) is 6.42 Å². The molecular weight excluding hydrogens is 374 g/mol. The number of hydrogen-bond acceptors (Lipinski definition) is 4. The quantitative estimate of drug-likeness (QED) is 0.660. The van der Waals surface area contributed by atoms with Crippen molar-refractivity contribution in [2.24, 2.45) is 0 Å². The van der Waals surface area contributed by atoms with E-state index in [1.807, 2.05) is 24.3 Å². The van der Waals surface area contributed by atoms with E-state index in [0.717, 1.165) is 24.1 Å². The first kappa shape index (κ1) is 18.7. The van der Waals surface area contributed by atoms with Crippen LogP contribution in [-0.2, 0) is 6.42 Å². The third kappa shape index (κ3) is 5.21. The summed E-state index contributed by atoms with van der Waals surface area (Å²) in [6.45, 7) is 0.636. The predicted octanol–water partition coefficient (Wildman–Crippen LogP) is 4.32. The molecule has 1 amide bonds. The summed E-state index contributed by atoms with van der Waals surface area (Å²) in [6.07, 6.45) is 3.51. The first-order chi connectivity index (χ1) is 13.0. The molecule has 8 heteroatoms. The van der Waals surface area contributed by atoms with Crippen molar-refractivity contribution in [2.75, 3.05) is 17.2 Å². The largest absolute Gasteiger partial charge is 0.368 e. The summed E-state index contributed by atoms with van der Waals surface area (Å²) in [5.41, 5.74) is 1.32. The zero-order chi connectivity index (χ0) is 19.2. The molecule has 2 N–H and O–H groups in total. The summed E-state index contributed by atoms with van der Waals surface area (Å²) >= 11 is 5.85. The molecule has 27 heavy (non-hydrogen) atoms. The maximum absolute atomic E-state index is 13.2. The molecule has 0 atom stereocenters. The normalized spacial score (nSPS) is 10.5. The number of nitrogens with one attached hydrogen (secondary N) is 2. The van der Waals surface area contributed by atoms with Crippen LogP contribution < -0.4 is 10.6 Å². The van der Waals surface area contributed by atoms with E-state index in [-0.39, 0.29) is 11.4 Å². The van der Waals surface area contributed by atoms with Crippen LogP contribution >= 0.6 is 11.6 Å². The van der Waals surface area contributed by atoms with Crippen LogP contribution in [0, 0.1) is 11.6 Å².